The number of carbonyl (C=O) groups excluding carboxylic acids is 1. The summed E-state index contributed by atoms with van der Waals surface area (Å²) < 4.78 is 4.99. The third-order valence-electron chi connectivity index (χ3n) is 4.79. The number of ether oxygens (including phenoxy) is 1. The summed E-state index contributed by atoms with van der Waals surface area (Å²) in [6, 6.07) is 0. The number of hydrogen-bond acceptors (Lipinski definition) is 3. The summed E-state index contributed by atoms with van der Waals surface area (Å²) in [5.74, 6) is -1.86. The van der Waals surface area contributed by atoms with E-state index in [9.17, 15) is 14.7 Å². The first-order valence-corrected chi connectivity index (χ1v) is 11.1. The highest BCUT2D eigenvalue weighted by molar-refractivity contribution is 5.78. The van der Waals surface area contributed by atoms with Gasteiger partial charge in [0, 0.05) is 0 Å². The van der Waals surface area contributed by atoms with Crippen molar-refractivity contribution in [2.75, 3.05) is 6.61 Å². The quantitative estimate of drug-likeness (QED) is 0.154. The molecule has 4 heteroatoms. The summed E-state index contributed by atoms with van der Waals surface area (Å²) in [5.41, 5.74) is 0. The van der Waals surface area contributed by atoms with Crippen molar-refractivity contribution in [2.45, 2.75) is 110 Å². The number of hydrogen-bond donors (Lipinski definition) is 1. The predicted molar refractivity (Wildman–Crippen MR) is 112 cm³/mol. The lowest BCUT2D eigenvalue weighted by Crippen LogP contribution is -2.19. The molecular weight excluding hydrogens is 340 g/mol. The summed E-state index contributed by atoms with van der Waals surface area (Å²) in [4.78, 5) is 22.8. The fraction of sp³-hybridized carbons (Fsp3) is 0.826. The van der Waals surface area contributed by atoms with Gasteiger partial charge in [0.25, 0.3) is 0 Å². The molecular formula is C23H42O4. The van der Waals surface area contributed by atoms with Crippen LogP contribution in [0.5, 0.6) is 0 Å². The highest BCUT2D eigenvalue weighted by Crippen LogP contribution is 2.17. The van der Waals surface area contributed by atoms with Crippen LogP contribution < -0.4 is 0 Å². The summed E-state index contributed by atoms with van der Waals surface area (Å²) in [7, 11) is 0. The van der Waals surface area contributed by atoms with E-state index in [-0.39, 0.29) is 12.4 Å². The number of rotatable bonds is 19. The van der Waals surface area contributed by atoms with E-state index in [0.29, 0.717) is 13.0 Å². The average Bonchev–Trinajstić information content (AvgIpc) is 2.65. The molecule has 0 saturated carbocycles. The van der Waals surface area contributed by atoms with Crippen molar-refractivity contribution in [3.63, 3.8) is 0 Å². The second-order valence-corrected chi connectivity index (χ2v) is 7.48. The van der Waals surface area contributed by atoms with Crippen LogP contribution in [0.4, 0.5) is 0 Å². The minimum Gasteiger partial charge on any atom is -0.481 e. The molecule has 0 aliphatic heterocycles. The van der Waals surface area contributed by atoms with Crippen LogP contribution in [0.3, 0.4) is 0 Å². The molecule has 0 aromatic heterocycles. The van der Waals surface area contributed by atoms with Crippen LogP contribution in [-0.2, 0) is 14.3 Å². The van der Waals surface area contributed by atoms with Crippen LogP contribution in [0.1, 0.15) is 110 Å². The molecule has 0 saturated heterocycles. The van der Waals surface area contributed by atoms with Crippen LogP contribution in [0, 0.1) is 5.92 Å². The Morgan fingerprint density at radius 1 is 0.815 bits per heavy atom. The molecule has 0 radical (unpaired) electrons. The Hall–Kier alpha value is -1.32. The normalized spacial score (nSPS) is 12.4. The van der Waals surface area contributed by atoms with Crippen molar-refractivity contribution in [1.82, 2.24) is 0 Å². The van der Waals surface area contributed by atoms with E-state index in [1.165, 1.54) is 57.8 Å². The van der Waals surface area contributed by atoms with Crippen molar-refractivity contribution in [3.05, 3.63) is 12.2 Å². The molecule has 1 N–H and O–H groups in total. The van der Waals surface area contributed by atoms with Gasteiger partial charge in [-0.15, -0.1) is 0 Å². The summed E-state index contributed by atoms with van der Waals surface area (Å²) in [6.07, 6.45) is 20.4. The Kier molecular flexibility index (Phi) is 18.5. The Bertz CT molecular complexity index is 390. The van der Waals surface area contributed by atoms with Gasteiger partial charge in [0.05, 0.1) is 18.9 Å². The second kappa shape index (κ2) is 19.4. The van der Waals surface area contributed by atoms with E-state index in [0.717, 1.165) is 25.7 Å². The number of carbonyl (C=O) groups is 2. The Balaban J connectivity index is 3.53. The lowest BCUT2D eigenvalue weighted by atomic mass is 9.97. The topological polar surface area (TPSA) is 63.6 Å². The molecule has 0 heterocycles. The van der Waals surface area contributed by atoms with Gasteiger partial charge in [-0.1, -0.05) is 83.8 Å². The van der Waals surface area contributed by atoms with Gasteiger partial charge in [0.15, 0.2) is 0 Å². The summed E-state index contributed by atoms with van der Waals surface area (Å²) >= 11 is 0. The van der Waals surface area contributed by atoms with Gasteiger partial charge in [0.2, 0.25) is 0 Å². The van der Waals surface area contributed by atoms with Crippen molar-refractivity contribution < 1.29 is 19.4 Å². The molecule has 4 nitrogen and oxygen atoms in total. The molecule has 0 bridgehead atoms. The van der Waals surface area contributed by atoms with E-state index < -0.39 is 11.9 Å². The highest BCUT2D eigenvalue weighted by atomic mass is 16.5. The van der Waals surface area contributed by atoms with Gasteiger partial charge in [-0.2, -0.15) is 0 Å². The SMILES string of the molecule is CCCC/C=C/CCCCCCCCCCC(CC(=O)OCCC)C(=O)O. The highest BCUT2D eigenvalue weighted by Gasteiger charge is 2.21. The van der Waals surface area contributed by atoms with Gasteiger partial charge in [-0.25, -0.2) is 0 Å². The van der Waals surface area contributed by atoms with E-state index in [4.69, 9.17) is 4.74 Å². The minimum atomic E-state index is -0.882. The number of esters is 1. The van der Waals surface area contributed by atoms with Gasteiger partial charge in [0.1, 0.15) is 0 Å². The molecule has 0 aliphatic carbocycles. The fourth-order valence-corrected chi connectivity index (χ4v) is 3.06. The second-order valence-electron chi connectivity index (χ2n) is 7.48. The molecule has 27 heavy (non-hydrogen) atoms. The third kappa shape index (κ3) is 17.8. The Labute approximate surface area is 166 Å². The first-order chi connectivity index (χ1) is 13.1. The predicted octanol–water partition coefficient (Wildman–Crippen LogP) is 6.68. The van der Waals surface area contributed by atoms with Gasteiger partial charge in [-0.05, 0) is 32.1 Å². The number of unbranched alkanes of at least 4 members (excludes halogenated alkanes) is 10. The summed E-state index contributed by atoms with van der Waals surface area (Å²) in [5, 5.41) is 9.24. The number of aliphatic carboxylic acids is 1. The zero-order valence-electron chi connectivity index (χ0n) is 17.7. The molecule has 0 spiro atoms. The van der Waals surface area contributed by atoms with Gasteiger partial charge >= 0.3 is 11.9 Å². The van der Waals surface area contributed by atoms with Crippen LogP contribution in [0.25, 0.3) is 0 Å². The monoisotopic (exact) mass is 382 g/mol. The third-order valence-corrected chi connectivity index (χ3v) is 4.79. The molecule has 0 fully saturated rings. The molecule has 1 atom stereocenters. The van der Waals surface area contributed by atoms with Crippen LogP contribution in [-0.4, -0.2) is 23.7 Å². The van der Waals surface area contributed by atoms with E-state index in [1.807, 2.05) is 6.92 Å². The van der Waals surface area contributed by atoms with Crippen LogP contribution in [0.15, 0.2) is 12.2 Å². The lowest BCUT2D eigenvalue weighted by molar-refractivity contribution is -0.151. The maximum absolute atomic E-state index is 11.6. The maximum Gasteiger partial charge on any atom is 0.307 e. The van der Waals surface area contributed by atoms with Crippen molar-refractivity contribution in [1.29, 1.82) is 0 Å². The minimum absolute atomic E-state index is 0.00221. The van der Waals surface area contributed by atoms with E-state index in [2.05, 4.69) is 19.1 Å². The van der Waals surface area contributed by atoms with Gasteiger partial charge in [-0.3, -0.25) is 9.59 Å². The molecule has 0 aliphatic rings. The van der Waals surface area contributed by atoms with Gasteiger partial charge < -0.3 is 9.84 Å². The molecule has 0 rings (SSSR count). The zero-order chi connectivity index (χ0) is 20.2. The largest absolute Gasteiger partial charge is 0.481 e. The molecule has 0 amide bonds. The number of carboxylic acids is 1. The smallest absolute Gasteiger partial charge is 0.307 e. The molecule has 0 aromatic rings. The van der Waals surface area contributed by atoms with Crippen LogP contribution in [0.2, 0.25) is 0 Å². The Morgan fingerprint density at radius 3 is 1.93 bits per heavy atom. The maximum atomic E-state index is 11.6. The number of allylic oxidation sites excluding steroid dienone is 2. The van der Waals surface area contributed by atoms with Crippen molar-refractivity contribution >= 4 is 11.9 Å². The standard InChI is InChI=1S/C23H42O4/c1-3-5-6-7-8-9-10-11-12-13-14-15-16-17-18-21(23(25)26)20-22(24)27-19-4-2/h7-8,21H,3-6,9-20H2,1-2H3,(H,25,26)/b8-7+. The number of carboxylic acid groups (broad SMARTS) is 1. The van der Waals surface area contributed by atoms with Crippen molar-refractivity contribution in [3.8, 4) is 0 Å². The van der Waals surface area contributed by atoms with E-state index >= 15 is 0 Å². The molecule has 1 unspecified atom stereocenters. The molecule has 0 aromatic carbocycles. The lowest BCUT2D eigenvalue weighted by Gasteiger charge is -2.11. The zero-order valence-corrected chi connectivity index (χ0v) is 17.7. The summed E-state index contributed by atoms with van der Waals surface area (Å²) in [6.45, 7) is 4.52. The average molecular weight is 383 g/mol. The first kappa shape index (κ1) is 25.7. The van der Waals surface area contributed by atoms with Crippen LogP contribution >= 0.6 is 0 Å². The molecule has 158 valence electrons. The Morgan fingerprint density at radius 2 is 1.37 bits per heavy atom. The van der Waals surface area contributed by atoms with Crippen molar-refractivity contribution in [2.24, 2.45) is 5.92 Å². The fourth-order valence-electron chi connectivity index (χ4n) is 3.06. The van der Waals surface area contributed by atoms with E-state index in [1.54, 1.807) is 0 Å². The first-order valence-electron chi connectivity index (χ1n) is 11.1.